The summed E-state index contributed by atoms with van der Waals surface area (Å²) in [5.41, 5.74) is 1.78. The molecule has 1 unspecified atom stereocenters. The molecule has 1 heterocycles. The predicted molar refractivity (Wildman–Crippen MR) is 109 cm³/mol. The smallest absolute Gasteiger partial charge is 0.243 e. The van der Waals surface area contributed by atoms with Gasteiger partial charge >= 0.3 is 0 Å². The molecule has 0 aliphatic carbocycles. The molecule has 1 aliphatic heterocycles. The lowest BCUT2D eigenvalue weighted by molar-refractivity contribution is -0.119. The summed E-state index contributed by atoms with van der Waals surface area (Å²) in [5.74, 6) is 0.354. The van der Waals surface area contributed by atoms with Gasteiger partial charge in [0.25, 0.3) is 0 Å². The molecule has 0 radical (unpaired) electrons. The number of rotatable bonds is 5. The Kier molecular flexibility index (Phi) is 6.20. The first-order valence-electron chi connectivity index (χ1n) is 9.31. The van der Waals surface area contributed by atoms with E-state index in [0.717, 1.165) is 6.42 Å². The molecule has 0 saturated carbocycles. The molecule has 2 aromatic rings. The number of benzene rings is 2. The summed E-state index contributed by atoms with van der Waals surface area (Å²) in [4.78, 5) is 11.5. The molecule has 1 aliphatic rings. The van der Waals surface area contributed by atoms with Crippen molar-refractivity contribution in [1.29, 1.82) is 5.26 Å². The lowest BCUT2D eigenvalue weighted by Gasteiger charge is -2.32. The number of amides is 1. The summed E-state index contributed by atoms with van der Waals surface area (Å²) >= 11 is 0. The van der Waals surface area contributed by atoms with Gasteiger partial charge in [0, 0.05) is 31.6 Å². The Hall–Kier alpha value is -2.89. The summed E-state index contributed by atoms with van der Waals surface area (Å²) in [7, 11) is -2.22. The Morgan fingerprint density at radius 1 is 1.28 bits per heavy atom. The van der Waals surface area contributed by atoms with Crippen LogP contribution in [0.4, 0.5) is 0 Å². The van der Waals surface area contributed by atoms with Crippen LogP contribution in [0.15, 0.2) is 47.4 Å². The van der Waals surface area contributed by atoms with Crippen molar-refractivity contribution in [2.24, 2.45) is 0 Å². The lowest BCUT2D eigenvalue weighted by Crippen LogP contribution is -2.49. The van der Waals surface area contributed by atoms with Crippen LogP contribution >= 0.6 is 0 Å². The number of hydrogen-bond donors (Lipinski definition) is 1. The second-order valence-electron chi connectivity index (χ2n) is 6.96. The maximum atomic E-state index is 13.2. The minimum atomic E-state index is -3.74. The van der Waals surface area contributed by atoms with Crippen molar-refractivity contribution in [3.05, 3.63) is 48.0 Å². The number of ether oxygens (including phenoxy) is 1. The molecule has 29 heavy (non-hydrogen) atoms. The normalized spacial score (nSPS) is 17.3. The van der Waals surface area contributed by atoms with Gasteiger partial charge < -0.3 is 10.1 Å². The van der Waals surface area contributed by atoms with Crippen LogP contribution in [0, 0.1) is 11.3 Å². The third kappa shape index (κ3) is 4.58. The van der Waals surface area contributed by atoms with Crippen LogP contribution in [0.5, 0.6) is 5.75 Å². The highest BCUT2D eigenvalue weighted by molar-refractivity contribution is 7.89. The van der Waals surface area contributed by atoms with E-state index < -0.39 is 10.0 Å². The van der Waals surface area contributed by atoms with Crippen LogP contribution in [0.3, 0.4) is 0 Å². The average molecular weight is 413 g/mol. The lowest BCUT2D eigenvalue weighted by atomic mass is 10.0. The zero-order chi connectivity index (χ0) is 21.0. The number of carbonyl (C=O) groups is 1. The monoisotopic (exact) mass is 413 g/mol. The zero-order valence-electron chi connectivity index (χ0n) is 16.4. The standard InChI is InChI=1S/C21H23N3O4S/c1-15(25)23-18-7-4-10-24(14-18)29(26,27)19-8-9-21(28-2)20(12-19)17-6-3-5-16(11-17)13-22/h3,5-6,8-9,11-12,18H,4,7,10,14H2,1-2H3,(H,23,25). The molecule has 8 heteroatoms. The van der Waals surface area contributed by atoms with Crippen LogP contribution < -0.4 is 10.1 Å². The first-order valence-corrected chi connectivity index (χ1v) is 10.7. The van der Waals surface area contributed by atoms with E-state index in [1.54, 1.807) is 30.3 Å². The Morgan fingerprint density at radius 3 is 2.76 bits per heavy atom. The maximum absolute atomic E-state index is 13.2. The summed E-state index contributed by atoms with van der Waals surface area (Å²) in [6, 6.07) is 13.6. The second-order valence-corrected chi connectivity index (χ2v) is 8.90. The third-order valence-electron chi connectivity index (χ3n) is 4.90. The van der Waals surface area contributed by atoms with Gasteiger partial charge in [-0.15, -0.1) is 0 Å². The minimum absolute atomic E-state index is 0.152. The summed E-state index contributed by atoms with van der Waals surface area (Å²) in [6.07, 6.45) is 1.43. The summed E-state index contributed by atoms with van der Waals surface area (Å²) in [6.45, 7) is 2.08. The van der Waals surface area contributed by atoms with Crippen molar-refractivity contribution in [3.8, 4) is 22.9 Å². The van der Waals surface area contributed by atoms with Crippen molar-refractivity contribution >= 4 is 15.9 Å². The molecule has 1 N–H and O–H groups in total. The Morgan fingerprint density at radius 2 is 2.07 bits per heavy atom. The van der Waals surface area contributed by atoms with Crippen molar-refractivity contribution < 1.29 is 17.9 Å². The summed E-state index contributed by atoms with van der Waals surface area (Å²) < 4.78 is 33.3. The van der Waals surface area contributed by atoms with Crippen LogP contribution in [0.2, 0.25) is 0 Å². The highest BCUT2D eigenvalue weighted by Crippen LogP contribution is 2.34. The number of hydrogen-bond acceptors (Lipinski definition) is 5. The predicted octanol–water partition coefficient (Wildman–Crippen LogP) is 2.52. The molecule has 1 atom stereocenters. The fraction of sp³-hybridized carbons (Fsp3) is 0.333. The number of piperidine rings is 1. The second kappa shape index (κ2) is 8.64. The SMILES string of the molecule is COc1ccc(S(=O)(=O)N2CCCC(NC(C)=O)C2)cc1-c1cccc(C#N)c1. The number of carbonyl (C=O) groups excluding carboxylic acids is 1. The molecule has 7 nitrogen and oxygen atoms in total. The number of nitrogens with zero attached hydrogens (tertiary/aromatic N) is 2. The summed E-state index contributed by atoms with van der Waals surface area (Å²) in [5, 5.41) is 12.0. The Balaban J connectivity index is 1.98. The molecule has 0 spiro atoms. The van der Waals surface area contributed by atoms with E-state index in [1.807, 2.05) is 6.07 Å². The van der Waals surface area contributed by atoms with E-state index in [4.69, 9.17) is 10.00 Å². The first-order chi connectivity index (χ1) is 13.8. The molecular formula is C21H23N3O4S. The zero-order valence-corrected chi connectivity index (χ0v) is 17.2. The van der Waals surface area contributed by atoms with Crippen molar-refractivity contribution in [3.63, 3.8) is 0 Å². The van der Waals surface area contributed by atoms with E-state index in [0.29, 0.717) is 35.4 Å². The van der Waals surface area contributed by atoms with E-state index >= 15 is 0 Å². The van der Waals surface area contributed by atoms with Gasteiger partial charge in [-0.25, -0.2) is 8.42 Å². The van der Waals surface area contributed by atoms with E-state index in [9.17, 15) is 13.2 Å². The molecule has 3 rings (SSSR count). The molecule has 1 amide bonds. The number of nitriles is 1. The van der Waals surface area contributed by atoms with Crippen LogP contribution in [-0.4, -0.2) is 44.9 Å². The molecule has 152 valence electrons. The number of methoxy groups -OCH3 is 1. The highest BCUT2D eigenvalue weighted by Gasteiger charge is 2.31. The first kappa shape index (κ1) is 20.8. The Labute approximate surface area is 171 Å². The average Bonchev–Trinajstić information content (AvgIpc) is 2.73. The van der Waals surface area contributed by atoms with Crippen molar-refractivity contribution in [1.82, 2.24) is 9.62 Å². The molecule has 0 bridgehead atoms. The molecular weight excluding hydrogens is 390 g/mol. The van der Waals surface area contributed by atoms with Crippen LogP contribution in [-0.2, 0) is 14.8 Å². The highest BCUT2D eigenvalue weighted by atomic mass is 32.2. The van der Waals surface area contributed by atoms with Gasteiger partial charge in [0.05, 0.1) is 23.6 Å². The fourth-order valence-corrected chi connectivity index (χ4v) is 5.10. The topological polar surface area (TPSA) is 99.5 Å². The largest absolute Gasteiger partial charge is 0.496 e. The van der Waals surface area contributed by atoms with Gasteiger partial charge in [-0.2, -0.15) is 9.57 Å². The maximum Gasteiger partial charge on any atom is 0.243 e. The third-order valence-corrected chi connectivity index (χ3v) is 6.76. The quantitative estimate of drug-likeness (QED) is 0.812. The van der Waals surface area contributed by atoms with Gasteiger partial charge in [-0.3, -0.25) is 4.79 Å². The van der Waals surface area contributed by atoms with Crippen LogP contribution in [0.25, 0.3) is 11.1 Å². The van der Waals surface area contributed by atoms with Crippen molar-refractivity contribution in [2.75, 3.05) is 20.2 Å². The van der Waals surface area contributed by atoms with E-state index in [2.05, 4.69) is 11.4 Å². The number of nitrogens with one attached hydrogen (secondary N) is 1. The molecule has 1 saturated heterocycles. The van der Waals surface area contributed by atoms with E-state index in [-0.39, 0.29) is 23.4 Å². The Bertz CT molecular complexity index is 1060. The molecule has 2 aromatic carbocycles. The van der Waals surface area contributed by atoms with Gasteiger partial charge in [-0.1, -0.05) is 12.1 Å². The minimum Gasteiger partial charge on any atom is -0.496 e. The molecule has 1 fully saturated rings. The van der Waals surface area contributed by atoms with Gasteiger partial charge in [0.1, 0.15) is 5.75 Å². The van der Waals surface area contributed by atoms with Crippen molar-refractivity contribution in [2.45, 2.75) is 30.7 Å². The fourth-order valence-electron chi connectivity index (χ4n) is 3.54. The number of sulfonamides is 1. The van der Waals surface area contributed by atoms with Crippen LogP contribution in [0.1, 0.15) is 25.3 Å². The van der Waals surface area contributed by atoms with Gasteiger partial charge in [0.15, 0.2) is 0 Å². The van der Waals surface area contributed by atoms with E-state index in [1.165, 1.54) is 24.4 Å². The molecule has 0 aromatic heterocycles. The van der Waals surface area contributed by atoms with Gasteiger partial charge in [-0.05, 0) is 48.7 Å². The van der Waals surface area contributed by atoms with Gasteiger partial charge in [0.2, 0.25) is 15.9 Å².